The van der Waals surface area contributed by atoms with Crippen LogP contribution in [0.4, 0.5) is 0 Å². The Morgan fingerprint density at radius 1 is 1.33 bits per heavy atom. The first-order valence-corrected chi connectivity index (χ1v) is 9.91. The number of benzene rings is 1. The van der Waals surface area contributed by atoms with Crippen molar-refractivity contribution in [3.8, 4) is 0 Å². The van der Waals surface area contributed by atoms with Gasteiger partial charge in [0.1, 0.15) is 0 Å². The molecule has 2 aliphatic heterocycles. The van der Waals surface area contributed by atoms with Crippen molar-refractivity contribution in [2.45, 2.75) is 32.9 Å². The highest BCUT2D eigenvalue weighted by atomic mass is 16.5. The molecule has 0 aliphatic carbocycles. The molecule has 6 heteroatoms. The van der Waals surface area contributed by atoms with Crippen LogP contribution in [-0.2, 0) is 17.8 Å². The first-order chi connectivity index (χ1) is 13.3. The molecule has 2 aromatic rings. The van der Waals surface area contributed by atoms with Crippen molar-refractivity contribution >= 4 is 5.96 Å². The van der Waals surface area contributed by atoms with E-state index >= 15 is 0 Å². The van der Waals surface area contributed by atoms with E-state index in [4.69, 9.17) is 9.73 Å². The van der Waals surface area contributed by atoms with Crippen LogP contribution < -0.4 is 5.32 Å². The van der Waals surface area contributed by atoms with Crippen molar-refractivity contribution in [3.63, 3.8) is 0 Å². The maximum Gasteiger partial charge on any atom is 0.194 e. The number of aliphatic imine (C=N–C) groups is 1. The third-order valence-corrected chi connectivity index (χ3v) is 5.58. The lowest BCUT2D eigenvalue weighted by Gasteiger charge is -2.25. The summed E-state index contributed by atoms with van der Waals surface area (Å²) in [5, 5.41) is 3.47. The van der Waals surface area contributed by atoms with Crippen LogP contribution in [0.15, 0.2) is 48.0 Å². The van der Waals surface area contributed by atoms with Crippen molar-refractivity contribution < 1.29 is 4.74 Å². The minimum absolute atomic E-state index is 0.348. The van der Waals surface area contributed by atoms with E-state index < -0.39 is 0 Å². The lowest BCUT2D eigenvalue weighted by atomic mass is 9.87. The molecule has 0 saturated carbocycles. The molecule has 0 radical (unpaired) electrons. The Morgan fingerprint density at radius 2 is 2.26 bits per heavy atom. The number of nitrogens with one attached hydrogen (secondary N) is 1. The van der Waals surface area contributed by atoms with Gasteiger partial charge in [0.15, 0.2) is 5.96 Å². The number of hydrogen-bond donors (Lipinski definition) is 1. The zero-order valence-corrected chi connectivity index (χ0v) is 16.1. The average Bonchev–Trinajstić information content (AvgIpc) is 3.43. The highest BCUT2D eigenvalue weighted by molar-refractivity contribution is 5.80. The smallest absolute Gasteiger partial charge is 0.194 e. The summed E-state index contributed by atoms with van der Waals surface area (Å²) in [5.41, 5.74) is 2.86. The van der Waals surface area contributed by atoms with Crippen LogP contribution in [0.5, 0.6) is 0 Å². The molecule has 1 N–H and O–H groups in total. The molecule has 1 aromatic carbocycles. The molecule has 1 unspecified atom stereocenters. The summed E-state index contributed by atoms with van der Waals surface area (Å²) in [4.78, 5) is 11.5. The third kappa shape index (κ3) is 4.33. The summed E-state index contributed by atoms with van der Waals surface area (Å²) in [6, 6.07) is 8.66. The molecular weight excluding hydrogens is 338 g/mol. The van der Waals surface area contributed by atoms with Gasteiger partial charge in [-0.2, -0.15) is 0 Å². The predicted octanol–water partition coefficient (Wildman–Crippen LogP) is 2.51. The number of imidazole rings is 1. The Labute approximate surface area is 161 Å². The van der Waals surface area contributed by atoms with Crippen molar-refractivity contribution in [2.75, 3.05) is 32.8 Å². The van der Waals surface area contributed by atoms with Gasteiger partial charge in [-0.15, -0.1) is 0 Å². The Balaban J connectivity index is 1.43. The monoisotopic (exact) mass is 367 g/mol. The Hall–Kier alpha value is -2.34. The number of ether oxygens (including phenoxy) is 1. The molecule has 2 aliphatic rings. The summed E-state index contributed by atoms with van der Waals surface area (Å²) < 4.78 is 7.75. The lowest BCUT2D eigenvalue weighted by Crippen LogP contribution is -2.41. The Bertz CT molecular complexity index is 765. The maximum atomic E-state index is 5.66. The molecule has 2 fully saturated rings. The van der Waals surface area contributed by atoms with Crippen molar-refractivity contribution in [2.24, 2.45) is 10.4 Å². The first-order valence-electron chi connectivity index (χ1n) is 9.91. The second-order valence-electron chi connectivity index (χ2n) is 7.70. The third-order valence-electron chi connectivity index (χ3n) is 5.58. The summed E-state index contributed by atoms with van der Waals surface area (Å²) in [6.07, 6.45) is 8.04. The van der Waals surface area contributed by atoms with E-state index in [-0.39, 0.29) is 0 Å². The van der Waals surface area contributed by atoms with Gasteiger partial charge in [0, 0.05) is 50.6 Å². The Morgan fingerprint density at radius 3 is 3.04 bits per heavy atom. The van der Waals surface area contributed by atoms with Gasteiger partial charge in [-0.3, -0.25) is 0 Å². The molecule has 1 aromatic heterocycles. The van der Waals surface area contributed by atoms with Crippen LogP contribution >= 0.6 is 0 Å². The fourth-order valence-electron chi connectivity index (χ4n) is 4.10. The molecule has 2 saturated heterocycles. The quantitative estimate of drug-likeness (QED) is 0.652. The van der Waals surface area contributed by atoms with Crippen molar-refractivity contribution in [1.82, 2.24) is 19.8 Å². The van der Waals surface area contributed by atoms with Gasteiger partial charge in [-0.25, -0.2) is 9.98 Å². The second kappa shape index (κ2) is 8.13. The van der Waals surface area contributed by atoms with E-state index in [2.05, 4.69) is 51.0 Å². The fourth-order valence-corrected chi connectivity index (χ4v) is 4.10. The highest BCUT2D eigenvalue weighted by Crippen LogP contribution is 2.38. The Kier molecular flexibility index (Phi) is 5.43. The minimum Gasteiger partial charge on any atom is -0.381 e. The average molecular weight is 367 g/mol. The molecule has 6 nitrogen and oxygen atoms in total. The number of likely N-dealkylation sites (tertiary alicyclic amines) is 1. The zero-order chi connectivity index (χ0) is 18.5. The van der Waals surface area contributed by atoms with Gasteiger partial charge in [0.25, 0.3) is 0 Å². The van der Waals surface area contributed by atoms with Gasteiger partial charge in [0.2, 0.25) is 0 Å². The normalized spacial score (nSPS) is 22.7. The SMILES string of the molecule is CCNC(=NCc1cccc(Cn2ccnc2)c1)N1CCC2(CCOC2)C1. The number of aromatic nitrogens is 2. The molecule has 0 amide bonds. The standard InChI is InChI=1S/C21H29N5O/c1-2-23-20(26-9-6-21(15-26)7-11-27-16-21)24-13-18-4-3-5-19(12-18)14-25-10-8-22-17-25/h3-5,8,10,12,17H,2,6-7,9,11,13-16H2,1H3,(H,23,24). The number of nitrogens with zero attached hydrogens (tertiary/aromatic N) is 4. The lowest BCUT2D eigenvalue weighted by molar-refractivity contribution is 0.156. The molecule has 27 heavy (non-hydrogen) atoms. The van der Waals surface area contributed by atoms with Crippen molar-refractivity contribution in [1.29, 1.82) is 0 Å². The van der Waals surface area contributed by atoms with E-state index in [1.54, 1.807) is 0 Å². The van der Waals surface area contributed by atoms with Crippen LogP contribution in [0.2, 0.25) is 0 Å². The van der Waals surface area contributed by atoms with Crippen molar-refractivity contribution in [3.05, 3.63) is 54.1 Å². The number of guanidine groups is 1. The number of rotatable bonds is 5. The molecule has 3 heterocycles. The first kappa shape index (κ1) is 18.0. The largest absolute Gasteiger partial charge is 0.381 e. The summed E-state index contributed by atoms with van der Waals surface area (Å²) in [5.74, 6) is 1.03. The van der Waals surface area contributed by atoms with Gasteiger partial charge in [-0.05, 0) is 30.9 Å². The van der Waals surface area contributed by atoms with E-state index in [0.29, 0.717) is 12.0 Å². The molecular formula is C21H29N5O. The second-order valence-corrected chi connectivity index (χ2v) is 7.70. The predicted molar refractivity (Wildman–Crippen MR) is 107 cm³/mol. The molecule has 4 rings (SSSR count). The van der Waals surface area contributed by atoms with Gasteiger partial charge in [0.05, 0.1) is 19.5 Å². The van der Waals surface area contributed by atoms with Gasteiger partial charge >= 0.3 is 0 Å². The maximum absolute atomic E-state index is 5.66. The topological polar surface area (TPSA) is 54.7 Å². The van der Waals surface area contributed by atoms with Crippen LogP contribution in [0, 0.1) is 5.41 Å². The van der Waals surface area contributed by atoms with Gasteiger partial charge in [-0.1, -0.05) is 24.3 Å². The number of hydrogen-bond acceptors (Lipinski definition) is 3. The van der Waals surface area contributed by atoms with E-state index in [1.807, 2.05) is 18.7 Å². The molecule has 0 bridgehead atoms. The van der Waals surface area contributed by atoms with Gasteiger partial charge < -0.3 is 19.5 Å². The van der Waals surface area contributed by atoms with E-state index in [9.17, 15) is 0 Å². The molecule has 1 spiro atoms. The highest BCUT2D eigenvalue weighted by Gasteiger charge is 2.42. The van der Waals surface area contributed by atoms with Crippen LogP contribution in [0.3, 0.4) is 0 Å². The summed E-state index contributed by atoms with van der Waals surface area (Å²) in [6.45, 7) is 8.48. The molecule has 144 valence electrons. The fraction of sp³-hybridized carbons (Fsp3) is 0.524. The van der Waals surface area contributed by atoms with E-state index in [1.165, 1.54) is 24.0 Å². The van der Waals surface area contributed by atoms with E-state index in [0.717, 1.165) is 45.4 Å². The minimum atomic E-state index is 0.348. The zero-order valence-electron chi connectivity index (χ0n) is 16.1. The molecule has 1 atom stereocenters. The summed E-state index contributed by atoms with van der Waals surface area (Å²) >= 11 is 0. The summed E-state index contributed by atoms with van der Waals surface area (Å²) in [7, 11) is 0. The van der Waals surface area contributed by atoms with Crippen LogP contribution in [0.25, 0.3) is 0 Å². The van der Waals surface area contributed by atoms with Crippen LogP contribution in [-0.4, -0.2) is 53.3 Å². The van der Waals surface area contributed by atoms with Crippen LogP contribution in [0.1, 0.15) is 30.9 Å².